The third kappa shape index (κ3) is 4.04. The van der Waals surface area contributed by atoms with Crippen LogP contribution >= 0.6 is 0 Å². The number of hydrogen-bond donors (Lipinski definition) is 0. The Hall–Kier alpha value is -1.33. The highest BCUT2D eigenvalue weighted by atomic mass is 16.7. The fraction of sp³-hybridized carbons (Fsp3) is 0.545. The molecule has 0 radical (unpaired) electrons. The lowest BCUT2D eigenvalue weighted by molar-refractivity contribution is -0.133. The van der Waals surface area contributed by atoms with Crippen molar-refractivity contribution in [2.75, 3.05) is 13.2 Å². The van der Waals surface area contributed by atoms with E-state index in [2.05, 4.69) is 9.97 Å². The molecule has 0 unspecified atom stereocenters. The van der Waals surface area contributed by atoms with Gasteiger partial charge in [-0.25, -0.2) is 4.98 Å². The quantitative estimate of drug-likeness (QED) is 0.518. The van der Waals surface area contributed by atoms with E-state index in [1.54, 1.807) is 0 Å². The van der Waals surface area contributed by atoms with Crippen molar-refractivity contribution in [2.45, 2.75) is 26.6 Å². The number of ether oxygens (including phenoxy) is 2. The Balaban J connectivity index is 2.54. The second kappa shape index (κ2) is 7.03. The predicted octanol–water partition coefficient (Wildman–Crippen LogP) is 1.45. The van der Waals surface area contributed by atoms with E-state index in [0.717, 1.165) is 0 Å². The number of ketones is 1. The zero-order chi connectivity index (χ0) is 11.8. The maximum absolute atomic E-state index is 11.7. The summed E-state index contributed by atoms with van der Waals surface area (Å²) >= 11 is 0. The van der Waals surface area contributed by atoms with Crippen molar-refractivity contribution in [3.8, 4) is 0 Å². The standard InChI is InChI=1S/C11H16N2O3/c1-3-15-11(16-4-2)7-10(14)9-8-12-5-6-13-9/h5-6,8,11H,3-4,7H2,1-2H3. The molecule has 0 amide bonds. The van der Waals surface area contributed by atoms with Gasteiger partial charge in [-0.05, 0) is 13.8 Å². The van der Waals surface area contributed by atoms with E-state index in [9.17, 15) is 4.79 Å². The Bertz CT molecular complexity index is 310. The molecule has 1 aromatic rings. The molecule has 16 heavy (non-hydrogen) atoms. The molecule has 0 atom stereocenters. The fourth-order valence-corrected chi connectivity index (χ4v) is 1.24. The molecule has 0 aromatic carbocycles. The molecule has 0 fully saturated rings. The summed E-state index contributed by atoms with van der Waals surface area (Å²) in [4.78, 5) is 19.5. The molecular formula is C11H16N2O3. The maximum atomic E-state index is 11.7. The SMILES string of the molecule is CCOC(CC(=O)c1cnccn1)OCC. The van der Waals surface area contributed by atoms with Gasteiger partial charge in [-0.1, -0.05) is 0 Å². The van der Waals surface area contributed by atoms with E-state index < -0.39 is 6.29 Å². The summed E-state index contributed by atoms with van der Waals surface area (Å²) in [5.74, 6) is -0.125. The number of carbonyl (C=O) groups excluding carboxylic acids is 1. The molecule has 1 heterocycles. The average molecular weight is 224 g/mol. The van der Waals surface area contributed by atoms with Crippen LogP contribution in [0, 0.1) is 0 Å². The van der Waals surface area contributed by atoms with E-state index >= 15 is 0 Å². The summed E-state index contributed by atoms with van der Waals surface area (Å²) in [5.41, 5.74) is 0.340. The Morgan fingerprint density at radius 3 is 2.50 bits per heavy atom. The molecule has 0 bridgehead atoms. The highest BCUT2D eigenvalue weighted by Crippen LogP contribution is 2.06. The van der Waals surface area contributed by atoms with Crippen LogP contribution in [0.5, 0.6) is 0 Å². The normalized spacial score (nSPS) is 10.7. The van der Waals surface area contributed by atoms with Gasteiger partial charge in [-0.2, -0.15) is 0 Å². The smallest absolute Gasteiger partial charge is 0.187 e. The van der Waals surface area contributed by atoms with Gasteiger partial charge in [-0.3, -0.25) is 9.78 Å². The van der Waals surface area contributed by atoms with Crippen molar-refractivity contribution >= 4 is 5.78 Å². The first-order chi connectivity index (χ1) is 7.77. The zero-order valence-corrected chi connectivity index (χ0v) is 9.55. The molecule has 0 saturated carbocycles. The summed E-state index contributed by atoms with van der Waals surface area (Å²) in [6, 6.07) is 0. The molecule has 0 aliphatic heterocycles. The summed E-state index contributed by atoms with van der Waals surface area (Å²) in [6.07, 6.45) is 4.13. The van der Waals surface area contributed by atoms with Gasteiger partial charge in [0.15, 0.2) is 12.1 Å². The molecule has 0 N–H and O–H groups in total. The third-order valence-electron chi connectivity index (χ3n) is 1.91. The van der Waals surface area contributed by atoms with Gasteiger partial charge in [0.25, 0.3) is 0 Å². The van der Waals surface area contributed by atoms with Crippen molar-refractivity contribution in [2.24, 2.45) is 0 Å². The average Bonchev–Trinajstić information content (AvgIpc) is 2.31. The van der Waals surface area contributed by atoms with Gasteiger partial charge in [0.2, 0.25) is 0 Å². The molecular weight excluding hydrogens is 208 g/mol. The van der Waals surface area contributed by atoms with E-state index in [-0.39, 0.29) is 12.2 Å². The van der Waals surface area contributed by atoms with E-state index in [1.165, 1.54) is 18.6 Å². The van der Waals surface area contributed by atoms with Crippen molar-refractivity contribution in [3.05, 3.63) is 24.3 Å². The number of aromatic nitrogens is 2. The summed E-state index contributed by atoms with van der Waals surface area (Å²) in [5, 5.41) is 0. The first kappa shape index (κ1) is 12.7. The molecule has 0 aliphatic carbocycles. The molecule has 1 rings (SSSR count). The van der Waals surface area contributed by atoms with Crippen LogP contribution in [0.25, 0.3) is 0 Å². The number of Topliss-reactive ketones (excluding diaryl/α,β-unsaturated/α-hetero) is 1. The fourth-order valence-electron chi connectivity index (χ4n) is 1.24. The molecule has 1 aromatic heterocycles. The van der Waals surface area contributed by atoms with Crippen LogP contribution in [0.1, 0.15) is 30.8 Å². The van der Waals surface area contributed by atoms with Crippen molar-refractivity contribution in [1.29, 1.82) is 0 Å². The Kier molecular flexibility index (Phi) is 5.60. The van der Waals surface area contributed by atoms with Crippen molar-refractivity contribution in [1.82, 2.24) is 9.97 Å². The van der Waals surface area contributed by atoms with Crippen LogP contribution in [0.2, 0.25) is 0 Å². The number of rotatable bonds is 7. The zero-order valence-electron chi connectivity index (χ0n) is 9.55. The Labute approximate surface area is 94.8 Å². The molecule has 0 spiro atoms. The highest BCUT2D eigenvalue weighted by molar-refractivity contribution is 5.94. The van der Waals surface area contributed by atoms with Crippen molar-refractivity contribution < 1.29 is 14.3 Å². The molecule has 0 aliphatic rings. The van der Waals surface area contributed by atoms with Crippen LogP contribution in [0.15, 0.2) is 18.6 Å². The molecule has 5 heteroatoms. The summed E-state index contributed by atoms with van der Waals surface area (Å²) < 4.78 is 10.6. The van der Waals surface area contributed by atoms with Gasteiger partial charge >= 0.3 is 0 Å². The first-order valence-corrected chi connectivity index (χ1v) is 5.30. The van der Waals surface area contributed by atoms with Gasteiger partial charge in [-0.15, -0.1) is 0 Å². The predicted molar refractivity (Wildman–Crippen MR) is 58.0 cm³/mol. The minimum Gasteiger partial charge on any atom is -0.352 e. The van der Waals surface area contributed by atoms with Gasteiger partial charge < -0.3 is 9.47 Å². The van der Waals surface area contributed by atoms with E-state index in [4.69, 9.17) is 9.47 Å². The number of carbonyl (C=O) groups is 1. The molecule has 0 saturated heterocycles. The lowest BCUT2D eigenvalue weighted by atomic mass is 10.2. The third-order valence-corrected chi connectivity index (χ3v) is 1.91. The van der Waals surface area contributed by atoms with Crippen molar-refractivity contribution in [3.63, 3.8) is 0 Å². The number of hydrogen-bond acceptors (Lipinski definition) is 5. The van der Waals surface area contributed by atoms with Crippen LogP contribution in [0.4, 0.5) is 0 Å². The van der Waals surface area contributed by atoms with Gasteiger partial charge in [0, 0.05) is 25.6 Å². The van der Waals surface area contributed by atoms with Gasteiger partial charge in [0.05, 0.1) is 12.6 Å². The van der Waals surface area contributed by atoms with Crippen LogP contribution in [-0.4, -0.2) is 35.3 Å². The summed E-state index contributed by atoms with van der Waals surface area (Å²) in [6.45, 7) is 4.74. The molecule has 5 nitrogen and oxygen atoms in total. The largest absolute Gasteiger partial charge is 0.352 e. The maximum Gasteiger partial charge on any atom is 0.187 e. The number of nitrogens with zero attached hydrogens (tertiary/aromatic N) is 2. The first-order valence-electron chi connectivity index (χ1n) is 5.30. The lowest BCUT2D eigenvalue weighted by Gasteiger charge is -2.15. The molecule has 88 valence electrons. The van der Waals surface area contributed by atoms with E-state index in [0.29, 0.717) is 18.9 Å². The monoisotopic (exact) mass is 224 g/mol. The van der Waals surface area contributed by atoms with Crippen LogP contribution < -0.4 is 0 Å². The topological polar surface area (TPSA) is 61.3 Å². The Morgan fingerprint density at radius 1 is 1.31 bits per heavy atom. The van der Waals surface area contributed by atoms with E-state index in [1.807, 2.05) is 13.8 Å². The van der Waals surface area contributed by atoms with Crippen LogP contribution in [-0.2, 0) is 9.47 Å². The summed E-state index contributed by atoms with van der Waals surface area (Å²) in [7, 11) is 0. The highest BCUT2D eigenvalue weighted by Gasteiger charge is 2.16. The minimum atomic E-state index is -0.496. The Morgan fingerprint density at radius 2 is 2.00 bits per heavy atom. The lowest BCUT2D eigenvalue weighted by Crippen LogP contribution is -2.22. The second-order valence-corrected chi connectivity index (χ2v) is 3.06. The van der Waals surface area contributed by atoms with Gasteiger partial charge in [0.1, 0.15) is 5.69 Å². The minimum absolute atomic E-state index is 0.125. The van der Waals surface area contributed by atoms with Crippen LogP contribution in [0.3, 0.4) is 0 Å². The second-order valence-electron chi connectivity index (χ2n) is 3.06.